The van der Waals surface area contributed by atoms with E-state index in [9.17, 15) is 0 Å². The Balaban J connectivity index is 1.70. The lowest BCUT2D eigenvalue weighted by Gasteiger charge is -2.08. The second kappa shape index (κ2) is 5.88. The molecule has 1 aromatic carbocycles. The fourth-order valence-electron chi connectivity index (χ4n) is 1.98. The number of rotatable bonds is 5. The van der Waals surface area contributed by atoms with E-state index in [2.05, 4.69) is 32.9 Å². The van der Waals surface area contributed by atoms with Gasteiger partial charge in [-0.3, -0.25) is 4.98 Å². The van der Waals surface area contributed by atoms with Crippen LogP contribution in [0.2, 0.25) is 0 Å². The van der Waals surface area contributed by atoms with E-state index in [1.54, 1.807) is 6.20 Å². The molecule has 0 aliphatic rings. The summed E-state index contributed by atoms with van der Waals surface area (Å²) in [5, 5.41) is 4.58. The number of ether oxygens (including phenoxy) is 1. The zero-order valence-corrected chi connectivity index (χ0v) is 12.0. The first-order valence-corrected chi connectivity index (χ1v) is 7.27. The minimum Gasteiger partial charge on any atom is -0.492 e. The number of nitrogens with one attached hydrogen (secondary N) is 1. The number of aromatic nitrogens is 2. The number of nitrogens with zero attached hydrogens (tertiary/aromatic N) is 2. The van der Waals surface area contributed by atoms with Crippen LogP contribution in [0.1, 0.15) is 12.5 Å². The lowest BCUT2D eigenvalue weighted by atomic mass is 10.2. The third-order valence-electron chi connectivity index (χ3n) is 2.93. The van der Waals surface area contributed by atoms with E-state index in [4.69, 9.17) is 4.74 Å². The second-order valence-corrected chi connectivity index (χ2v) is 5.23. The maximum Gasteiger partial charge on any atom is 0.137 e. The Morgan fingerprint density at radius 1 is 1.20 bits per heavy atom. The molecule has 0 amide bonds. The first kappa shape index (κ1) is 12.9. The third-order valence-corrected chi connectivity index (χ3v) is 3.69. The molecule has 2 heterocycles. The zero-order chi connectivity index (χ0) is 13.8. The van der Waals surface area contributed by atoms with E-state index in [0.29, 0.717) is 6.61 Å². The van der Waals surface area contributed by atoms with Crippen LogP contribution in [-0.2, 0) is 6.54 Å². The minimum absolute atomic E-state index is 0.653. The van der Waals surface area contributed by atoms with Crippen LogP contribution < -0.4 is 10.1 Å². The van der Waals surface area contributed by atoms with Crippen LogP contribution in [-0.4, -0.2) is 16.0 Å². The van der Waals surface area contributed by atoms with E-state index in [1.807, 2.05) is 25.4 Å². The summed E-state index contributed by atoms with van der Waals surface area (Å²) in [6.07, 6.45) is 5.47. The van der Waals surface area contributed by atoms with Crippen molar-refractivity contribution >= 4 is 27.3 Å². The van der Waals surface area contributed by atoms with E-state index >= 15 is 0 Å². The first-order chi connectivity index (χ1) is 9.85. The molecule has 4 nitrogen and oxygen atoms in total. The van der Waals surface area contributed by atoms with Crippen LogP contribution in [0.4, 0.5) is 5.69 Å². The highest BCUT2D eigenvalue weighted by Crippen LogP contribution is 2.22. The van der Waals surface area contributed by atoms with Crippen LogP contribution in [0, 0.1) is 0 Å². The van der Waals surface area contributed by atoms with Crippen molar-refractivity contribution in [3.8, 4) is 5.75 Å². The van der Waals surface area contributed by atoms with Gasteiger partial charge in [-0.15, -0.1) is 0 Å². The van der Waals surface area contributed by atoms with E-state index < -0.39 is 0 Å². The Kier molecular flexibility index (Phi) is 3.78. The highest BCUT2D eigenvalue weighted by atomic mass is 32.1. The van der Waals surface area contributed by atoms with Gasteiger partial charge in [0.1, 0.15) is 5.75 Å². The SMILES string of the molecule is CCOc1cncc(CNc2ccc3cnsc3c2)c1. The van der Waals surface area contributed by atoms with E-state index in [1.165, 1.54) is 21.6 Å². The van der Waals surface area contributed by atoms with Gasteiger partial charge in [-0.25, -0.2) is 0 Å². The number of pyridine rings is 1. The Morgan fingerprint density at radius 2 is 2.15 bits per heavy atom. The number of benzene rings is 1. The smallest absolute Gasteiger partial charge is 0.137 e. The summed E-state index contributed by atoms with van der Waals surface area (Å²) in [5.41, 5.74) is 2.18. The molecule has 0 aliphatic heterocycles. The molecule has 2 aromatic heterocycles. The molecular weight excluding hydrogens is 270 g/mol. The maximum absolute atomic E-state index is 5.45. The van der Waals surface area contributed by atoms with Crippen LogP contribution in [0.3, 0.4) is 0 Å². The molecule has 0 unspecified atom stereocenters. The molecule has 1 N–H and O–H groups in total. The van der Waals surface area contributed by atoms with Gasteiger partial charge in [0, 0.05) is 30.0 Å². The van der Waals surface area contributed by atoms with Gasteiger partial charge in [-0.2, -0.15) is 4.37 Å². The predicted molar refractivity (Wildman–Crippen MR) is 82.4 cm³/mol. The first-order valence-electron chi connectivity index (χ1n) is 6.50. The van der Waals surface area contributed by atoms with Crippen molar-refractivity contribution in [3.05, 3.63) is 48.4 Å². The maximum atomic E-state index is 5.45. The molecule has 0 saturated heterocycles. The van der Waals surface area contributed by atoms with Crippen molar-refractivity contribution in [2.24, 2.45) is 0 Å². The highest BCUT2D eigenvalue weighted by Gasteiger charge is 2.00. The summed E-state index contributed by atoms with van der Waals surface area (Å²) in [7, 11) is 0. The van der Waals surface area contributed by atoms with Gasteiger partial charge in [-0.05, 0) is 48.3 Å². The lowest BCUT2D eigenvalue weighted by molar-refractivity contribution is 0.338. The second-order valence-electron chi connectivity index (χ2n) is 4.39. The molecule has 20 heavy (non-hydrogen) atoms. The van der Waals surface area contributed by atoms with Gasteiger partial charge in [0.2, 0.25) is 0 Å². The summed E-state index contributed by atoms with van der Waals surface area (Å²) in [6.45, 7) is 3.34. The topological polar surface area (TPSA) is 47.0 Å². The highest BCUT2D eigenvalue weighted by molar-refractivity contribution is 7.13. The Hall–Kier alpha value is -2.14. The average molecular weight is 285 g/mol. The molecule has 0 atom stereocenters. The molecule has 0 bridgehead atoms. The number of hydrogen-bond acceptors (Lipinski definition) is 5. The predicted octanol–water partition coefficient (Wildman–Crippen LogP) is 3.70. The number of hydrogen-bond donors (Lipinski definition) is 1. The normalized spacial score (nSPS) is 10.7. The largest absolute Gasteiger partial charge is 0.492 e. The number of fused-ring (bicyclic) bond motifs is 1. The molecule has 102 valence electrons. The fourth-order valence-corrected chi connectivity index (χ4v) is 2.67. The van der Waals surface area contributed by atoms with Crippen molar-refractivity contribution < 1.29 is 4.74 Å². The van der Waals surface area contributed by atoms with E-state index in [0.717, 1.165) is 23.5 Å². The van der Waals surface area contributed by atoms with Crippen molar-refractivity contribution in [2.45, 2.75) is 13.5 Å². The van der Waals surface area contributed by atoms with Gasteiger partial charge in [-0.1, -0.05) is 0 Å². The molecule has 0 aliphatic carbocycles. The summed E-state index contributed by atoms with van der Waals surface area (Å²) in [6, 6.07) is 8.27. The van der Waals surface area contributed by atoms with Gasteiger partial charge < -0.3 is 10.1 Å². The zero-order valence-electron chi connectivity index (χ0n) is 11.2. The van der Waals surface area contributed by atoms with Gasteiger partial charge in [0.05, 0.1) is 17.5 Å². The fraction of sp³-hybridized carbons (Fsp3) is 0.200. The van der Waals surface area contributed by atoms with Gasteiger partial charge in [0.15, 0.2) is 0 Å². The standard InChI is InChI=1S/C15H15N3OS/c1-2-19-14-5-11(7-16-10-14)8-17-13-4-3-12-9-18-20-15(12)6-13/h3-7,9-10,17H,2,8H2,1H3. The molecule has 3 rings (SSSR count). The number of anilines is 1. The van der Waals surface area contributed by atoms with Crippen molar-refractivity contribution in [2.75, 3.05) is 11.9 Å². The van der Waals surface area contributed by atoms with Gasteiger partial charge >= 0.3 is 0 Å². The summed E-state index contributed by atoms with van der Waals surface area (Å²) in [4.78, 5) is 4.18. The summed E-state index contributed by atoms with van der Waals surface area (Å²) in [5.74, 6) is 0.810. The Morgan fingerprint density at radius 3 is 3.05 bits per heavy atom. The summed E-state index contributed by atoms with van der Waals surface area (Å²) < 4.78 is 10.8. The molecule has 0 fully saturated rings. The molecule has 0 radical (unpaired) electrons. The minimum atomic E-state index is 0.653. The van der Waals surface area contributed by atoms with Crippen LogP contribution in [0.15, 0.2) is 42.9 Å². The molecule has 3 aromatic rings. The van der Waals surface area contributed by atoms with Crippen LogP contribution in [0.5, 0.6) is 5.75 Å². The van der Waals surface area contributed by atoms with Gasteiger partial charge in [0.25, 0.3) is 0 Å². The monoisotopic (exact) mass is 285 g/mol. The Bertz CT molecular complexity index is 711. The van der Waals surface area contributed by atoms with E-state index in [-0.39, 0.29) is 0 Å². The quantitative estimate of drug-likeness (QED) is 0.776. The van der Waals surface area contributed by atoms with Crippen molar-refractivity contribution in [3.63, 3.8) is 0 Å². The van der Waals surface area contributed by atoms with Crippen LogP contribution in [0.25, 0.3) is 10.1 Å². The van der Waals surface area contributed by atoms with Crippen LogP contribution >= 0.6 is 11.5 Å². The molecule has 0 saturated carbocycles. The molecule has 0 spiro atoms. The Labute approximate surface area is 121 Å². The summed E-state index contributed by atoms with van der Waals surface area (Å²) >= 11 is 1.51. The lowest BCUT2D eigenvalue weighted by Crippen LogP contribution is -2.01. The molecule has 5 heteroatoms. The van der Waals surface area contributed by atoms with Crippen molar-refractivity contribution in [1.29, 1.82) is 0 Å². The van der Waals surface area contributed by atoms with Crippen molar-refractivity contribution in [1.82, 2.24) is 9.36 Å². The average Bonchev–Trinajstić information content (AvgIpc) is 2.93. The third kappa shape index (κ3) is 2.88. The molecular formula is C15H15N3OS.